The monoisotopic (exact) mass is 266 g/mol. The van der Waals surface area contributed by atoms with Crippen molar-refractivity contribution in [2.75, 3.05) is 20.1 Å². The summed E-state index contributed by atoms with van der Waals surface area (Å²) in [5, 5.41) is 20.8. The third-order valence-corrected chi connectivity index (χ3v) is 2.69. The molecule has 0 aliphatic carbocycles. The molecule has 1 aromatic rings. The van der Waals surface area contributed by atoms with Gasteiger partial charge in [-0.1, -0.05) is 32.9 Å². The van der Waals surface area contributed by atoms with E-state index in [1.807, 2.05) is 11.9 Å². The van der Waals surface area contributed by atoms with E-state index in [-0.39, 0.29) is 11.1 Å². The predicted molar refractivity (Wildman–Crippen MR) is 75.0 cm³/mol. The molecule has 1 aromatic carbocycles. The molecule has 5 heteroatoms. The first kappa shape index (κ1) is 15.6. The molecule has 0 saturated carbocycles. The zero-order chi connectivity index (χ0) is 14.6. The minimum absolute atomic E-state index is 0.00928. The van der Waals surface area contributed by atoms with Gasteiger partial charge in [-0.05, 0) is 18.0 Å². The van der Waals surface area contributed by atoms with Crippen LogP contribution in [0.15, 0.2) is 24.3 Å². The summed E-state index contributed by atoms with van der Waals surface area (Å²) in [4.78, 5) is 12.3. The van der Waals surface area contributed by atoms with Crippen molar-refractivity contribution in [2.45, 2.75) is 26.9 Å². The van der Waals surface area contributed by atoms with Gasteiger partial charge in [0.2, 0.25) is 0 Å². The summed E-state index contributed by atoms with van der Waals surface area (Å²) in [5.41, 5.74) is 0.738. The predicted octanol–water partition coefficient (Wildman–Crippen LogP) is 2.61. The topological polar surface area (TPSA) is 66.6 Å². The van der Waals surface area contributed by atoms with E-state index >= 15 is 0 Å². The lowest BCUT2D eigenvalue weighted by Crippen LogP contribution is -2.32. The molecule has 0 spiro atoms. The Morgan fingerprint density at radius 2 is 2.05 bits per heavy atom. The van der Waals surface area contributed by atoms with Crippen LogP contribution >= 0.6 is 0 Å². The number of aliphatic hydroxyl groups is 1. The van der Waals surface area contributed by atoms with Gasteiger partial charge in [-0.15, -0.1) is 0 Å². The maximum absolute atomic E-state index is 10.7. The fourth-order valence-corrected chi connectivity index (χ4v) is 2.12. The number of nitrogens with zero attached hydrogens (tertiary/aromatic N) is 2. The van der Waals surface area contributed by atoms with E-state index in [2.05, 4.69) is 20.8 Å². The van der Waals surface area contributed by atoms with E-state index < -0.39 is 11.0 Å². The average molecular weight is 266 g/mol. The van der Waals surface area contributed by atoms with Gasteiger partial charge >= 0.3 is 0 Å². The molecule has 19 heavy (non-hydrogen) atoms. The van der Waals surface area contributed by atoms with Crippen molar-refractivity contribution in [3.63, 3.8) is 0 Å². The summed E-state index contributed by atoms with van der Waals surface area (Å²) >= 11 is 0. The molecule has 1 unspecified atom stereocenters. The zero-order valence-electron chi connectivity index (χ0n) is 12.0. The summed E-state index contributed by atoms with van der Waals surface area (Å²) in [6.07, 6.45) is -0.716. The van der Waals surface area contributed by atoms with Crippen molar-refractivity contribution in [3.05, 3.63) is 39.9 Å². The Hall–Kier alpha value is -1.46. The van der Waals surface area contributed by atoms with Crippen LogP contribution in [0.4, 0.5) is 5.69 Å². The molecule has 0 saturated heterocycles. The summed E-state index contributed by atoms with van der Waals surface area (Å²) in [7, 11) is 1.94. The number of nitro benzene ring substituents is 1. The van der Waals surface area contributed by atoms with Crippen molar-refractivity contribution in [3.8, 4) is 0 Å². The number of nitro groups is 1. The summed E-state index contributed by atoms with van der Waals surface area (Å²) in [6.45, 7) is 7.69. The van der Waals surface area contributed by atoms with Crippen LogP contribution in [-0.2, 0) is 0 Å². The first-order valence-corrected chi connectivity index (χ1v) is 6.30. The second-order valence-corrected chi connectivity index (χ2v) is 6.13. The van der Waals surface area contributed by atoms with Crippen LogP contribution in [0.3, 0.4) is 0 Å². The lowest BCUT2D eigenvalue weighted by atomic mass is 9.96. The van der Waals surface area contributed by atoms with Crippen LogP contribution in [0, 0.1) is 15.5 Å². The smallest absolute Gasteiger partial charge is 0.269 e. The first-order valence-electron chi connectivity index (χ1n) is 6.30. The van der Waals surface area contributed by atoms with Gasteiger partial charge in [-0.2, -0.15) is 0 Å². The van der Waals surface area contributed by atoms with Gasteiger partial charge in [-0.3, -0.25) is 10.1 Å². The van der Waals surface area contributed by atoms with E-state index in [1.54, 1.807) is 12.1 Å². The van der Waals surface area contributed by atoms with E-state index in [0.29, 0.717) is 12.1 Å². The van der Waals surface area contributed by atoms with Gasteiger partial charge in [-0.25, -0.2) is 0 Å². The molecule has 1 atom stereocenters. The lowest BCUT2D eigenvalue weighted by molar-refractivity contribution is -0.385. The highest BCUT2D eigenvalue weighted by atomic mass is 16.6. The number of non-ortho nitro benzene ring substituents is 1. The third kappa shape index (κ3) is 5.36. The average Bonchev–Trinajstić information content (AvgIpc) is 2.26. The molecule has 0 aliphatic rings. The van der Waals surface area contributed by atoms with Crippen LogP contribution in [0.1, 0.15) is 32.4 Å². The van der Waals surface area contributed by atoms with E-state index in [0.717, 1.165) is 6.54 Å². The van der Waals surface area contributed by atoms with E-state index in [9.17, 15) is 15.2 Å². The Balaban J connectivity index is 2.70. The van der Waals surface area contributed by atoms with Crippen molar-refractivity contribution in [1.82, 2.24) is 4.90 Å². The minimum atomic E-state index is -0.716. The van der Waals surface area contributed by atoms with Gasteiger partial charge in [0.25, 0.3) is 5.69 Å². The van der Waals surface area contributed by atoms with Crippen molar-refractivity contribution < 1.29 is 10.0 Å². The molecular formula is C14H22N2O3. The Bertz CT molecular complexity index is 441. The fourth-order valence-electron chi connectivity index (χ4n) is 2.12. The van der Waals surface area contributed by atoms with Gasteiger partial charge in [0.1, 0.15) is 0 Å². The molecular weight excluding hydrogens is 244 g/mol. The van der Waals surface area contributed by atoms with E-state index in [1.165, 1.54) is 12.1 Å². The molecule has 1 rings (SSSR count). The standard InChI is InChI=1S/C14H22N2O3/c1-14(2,3)10-15(4)9-13(17)11-6-5-7-12(8-11)16(18)19/h5-8,13,17H,9-10H2,1-4H3. The maximum Gasteiger partial charge on any atom is 0.269 e. The van der Waals surface area contributed by atoms with Crippen LogP contribution in [0.25, 0.3) is 0 Å². The molecule has 0 bridgehead atoms. The van der Waals surface area contributed by atoms with Gasteiger partial charge in [0, 0.05) is 25.2 Å². The lowest BCUT2D eigenvalue weighted by Gasteiger charge is -2.28. The molecule has 0 aromatic heterocycles. The third-order valence-electron chi connectivity index (χ3n) is 2.69. The fraction of sp³-hybridized carbons (Fsp3) is 0.571. The normalized spacial score (nSPS) is 13.6. The number of benzene rings is 1. The quantitative estimate of drug-likeness (QED) is 0.657. The number of hydrogen-bond acceptors (Lipinski definition) is 4. The number of likely N-dealkylation sites (N-methyl/N-ethyl adjacent to an activating group) is 1. The number of hydrogen-bond donors (Lipinski definition) is 1. The van der Waals surface area contributed by atoms with Crippen molar-refractivity contribution in [2.24, 2.45) is 5.41 Å². The minimum Gasteiger partial charge on any atom is -0.387 e. The number of aliphatic hydroxyl groups excluding tert-OH is 1. The number of rotatable bonds is 5. The summed E-state index contributed by atoms with van der Waals surface area (Å²) < 4.78 is 0. The van der Waals surface area contributed by atoms with Crippen LogP contribution in [-0.4, -0.2) is 35.1 Å². The summed E-state index contributed by atoms with van der Waals surface area (Å²) in [5.74, 6) is 0. The van der Waals surface area contributed by atoms with Crippen molar-refractivity contribution in [1.29, 1.82) is 0 Å². The molecule has 0 aliphatic heterocycles. The Labute approximate surface area is 114 Å². The first-order chi connectivity index (χ1) is 8.69. The Morgan fingerprint density at radius 1 is 1.42 bits per heavy atom. The largest absolute Gasteiger partial charge is 0.387 e. The van der Waals surface area contributed by atoms with Gasteiger partial charge < -0.3 is 10.0 Å². The molecule has 0 radical (unpaired) electrons. The Kier molecular flexibility index (Phi) is 5.03. The second-order valence-electron chi connectivity index (χ2n) is 6.13. The molecule has 1 N–H and O–H groups in total. The maximum atomic E-state index is 10.7. The van der Waals surface area contributed by atoms with E-state index in [4.69, 9.17) is 0 Å². The molecule has 0 fully saturated rings. The zero-order valence-corrected chi connectivity index (χ0v) is 12.0. The highest BCUT2D eigenvalue weighted by Crippen LogP contribution is 2.21. The highest BCUT2D eigenvalue weighted by molar-refractivity contribution is 5.35. The second kappa shape index (κ2) is 6.12. The van der Waals surface area contributed by atoms with Crippen LogP contribution in [0.5, 0.6) is 0 Å². The van der Waals surface area contributed by atoms with Crippen LogP contribution < -0.4 is 0 Å². The van der Waals surface area contributed by atoms with Crippen molar-refractivity contribution >= 4 is 5.69 Å². The van der Waals surface area contributed by atoms with Crippen LogP contribution in [0.2, 0.25) is 0 Å². The van der Waals surface area contributed by atoms with Gasteiger partial charge in [0.05, 0.1) is 11.0 Å². The SMILES string of the molecule is CN(CC(O)c1cccc([N+](=O)[O-])c1)CC(C)(C)C. The Morgan fingerprint density at radius 3 is 2.58 bits per heavy atom. The highest BCUT2D eigenvalue weighted by Gasteiger charge is 2.18. The summed E-state index contributed by atoms with van der Waals surface area (Å²) in [6, 6.07) is 6.16. The van der Waals surface area contributed by atoms with Gasteiger partial charge in [0.15, 0.2) is 0 Å². The molecule has 0 amide bonds. The molecule has 106 valence electrons. The molecule has 0 heterocycles. The molecule has 5 nitrogen and oxygen atoms in total.